The molecule has 1 aliphatic carbocycles. The van der Waals surface area contributed by atoms with Gasteiger partial charge in [0.25, 0.3) is 0 Å². The average molecular weight is 217 g/mol. The van der Waals surface area contributed by atoms with Gasteiger partial charge < -0.3 is 5.73 Å². The zero-order chi connectivity index (χ0) is 11.5. The lowest BCUT2D eigenvalue weighted by Crippen LogP contribution is -2.28. The van der Waals surface area contributed by atoms with E-state index < -0.39 is 0 Å². The fourth-order valence-corrected chi connectivity index (χ4v) is 2.95. The average Bonchev–Trinajstić information content (AvgIpc) is 2.30. The minimum atomic E-state index is 0.689. The Morgan fingerprint density at radius 3 is 2.50 bits per heavy atom. The molecule has 1 aromatic carbocycles. The van der Waals surface area contributed by atoms with Gasteiger partial charge in [0.1, 0.15) is 0 Å². The molecule has 88 valence electrons. The van der Waals surface area contributed by atoms with Gasteiger partial charge in [-0.15, -0.1) is 0 Å². The first-order valence-corrected chi connectivity index (χ1v) is 6.47. The van der Waals surface area contributed by atoms with Crippen molar-refractivity contribution >= 4 is 0 Å². The lowest BCUT2D eigenvalue weighted by atomic mass is 9.71. The summed E-state index contributed by atoms with van der Waals surface area (Å²) < 4.78 is 0. The highest BCUT2D eigenvalue weighted by Gasteiger charge is 2.28. The van der Waals surface area contributed by atoms with E-state index >= 15 is 0 Å². The summed E-state index contributed by atoms with van der Waals surface area (Å²) in [7, 11) is 0. The first kappa shape index (κ1) is 11.7. The van der Waals surface area contributed by atoms with E-state index in [1.807, 2.05) is 0 Å². The van der Waals surface area contributed by atoms with Crippen molar-refractivity contribution in [2.24, 2.45) is 17.6 Å². The van der Waals surface area contributed by atoms with E-state index in [1.54, 1.807) is 0 Å². The van der Waals surface area contributed by atoms with Gasteiger partial charge in [-0.05, 0) is 49.6 Å². The van der Waals surface area contributed by atoms with Crippen molar-refractivity contribution in [2.45, 2.75) is 39.0 Å². The molecule has 0 aliphatic heterocycles. The first-order valence-electron chi connectivity index (χ1n) is 6.47. The van der Waals surface area contributed by atoms with E-state index in [0.717, 1.165) is 12.5 Å². The molecule has 0 spiro atoms. The lowest BCUT2D eigenvalue weighted by molar-refractivity contribution is 0.254. The zero-order valence-electron chi connectivity index (χ0n) is 10.4. The van der Waals surface area contributed by atoms with Gasteiger partial charge in [0.15, 0.2) is 0 Å². The molecule has 1 aliphatic rings. The zero-order valence-corrected chi connectivity index (χ0v) is 10.4. The Morgan fingerprint density at radius 2 is 1.88 bits per heavy atom. The summed E-state index contributed by atoms with van der Waals surface area (Å²) in [5.41, 5.74) is 8.74. The molecule has 0 saturated heterocycles. The molecule has 16 heavy (non-hydrogen) atoms. The molecule has 0 aromatic heterocycles. The minimum Gasteiger partial charge on any atom is -0.330 e. The molecule has 3 unspecified atom stereocenters. The fraction of sp³-hybridized carbons (Fsp3) is 0.600. The van der Waals surface area contributed by atoms with Crippen LogP contribution in [0.1, 0.15) is 43.2 Å². The largest absolute Gasteiger partial charge is 0.330 e. The lowest BCUT2D eigenvalue weighted by Gasteiger charge is -2.34. The van der Waals surface area contributed by atoms with Crippen LogP contribution in [-0.4, -0.2) is 6.54 Å². The third-order valence-electron chi connectivity index (χ3n) is 4.06. The van der Waals surface area contributed by atoms with Crippen molar-refractivity contribution < 1.29 is 0 Å². The molecule has 2 N–H and O–H groups in total. The molecule has 1 fully saturated rings. The molecule has 0 amide bonds. The van der Waals surface area contributed by atoms with Crippen molar-refractivity contribution in [1.29, 1.82) is 0 Å². The Bertz CT molecular complexity index is 328. The van der Waals surface area contributed by atoms with Crippen molar-refractivity contribution in [3.05, 3.63) is 35.4 Å². The maximum absolute atomic E-state index is 5.91. The number of rotatable bonds is 2. The molecular weight excluding hydrogens is 194 g/mol. The summed E-state index contributed by atoms with van der Waals surface area (Å²) in [6.45, 7) is 5.35. The Kier molecular flexibility index (Phi) is 3.65. The molecule has 2 rings (SSSR count). The van der Waals surface area contributed by atoms with Gasteiger partial charge in [-0.2, -0.15) is 0 Å². The predicted octanol–water partition coefficient (Wildman–Crippen LogP) is 3.47. The Morgan fingerprint density at radius 1 is 1.19 bits per heavy atom. The van der Waals surface area contributed by atoms with Gasteiger partial charge in [-0.1, -0.05) is 43.2 Å². The van der Waals surface area contributed by atoms with Crippen LogP contribution < -0.4 is 5.73 Å². The second-order valence-corrected chi connectivity index (χ2v) is 5.43. The topological polar surface area (TPSA) is 26.0 Å². The molecule has 1 saturated carbocycles. The summed E-state index contributed by atoms with van der Waals surface area (Å²) in [5, 5.41) is 0. The minimum absolute atomic E-state index is 0.689. The Labute approximate surface area is 99.0 Å². The summed E-state index contributed by atoms with van der Waals surface area (Å²) in [4.78, 5) is 0. The standard InChI is InChI=1S/C15H23N/c1-11-3-6-13(7-4-11)15-9-12(2)5-8-14(15)10-16/h3-4,6-7,12,14-15H,5,8-10,16H2,1-2H3. The molecule has 1 aromatic rings. The second kappa shape index (κ2) is 5.01. The maximum Gasteiger partial charge on any atom is -0.00430 e. The van der Waals surface area contributed by atoms with E-state index in [0.29, 0.717) is 11.8 Å². The third kappa shape index (κ3) is 2.46. The normalized spacial score (nSPS) is 30.3. The highest BCUT2D eigenvalue weighted by molar-refractivity contribution is 5.25. The van der Waals surface area contributed by atoms with Crippen molar-refractivity contribution in [1.82, 2.24) is 0 Å². The summed E-state index contributed by atoms with van der Waals surface area (Å²) in [6, 6.07) is 9.03. The van der Waals surface area contributed by atoms with Gasteiger partial charge in [0.2, 0.25) is 0 Å². The van der Waals surface area contributed by atoms with Gasteiger partial charge in [-0.3, -0.25) is 0 Å². The number of nitrogens with two attached hydrogens (primary N) is 1. The monoisotopic (exact) mass is 217 g/mol. The smallest absolute Gasteiger partial charge is 0.00430 e. The summed E-state index contributed by atoms with van der Waals surface area (Å²) in [5.74, 6) is 2.24. The van der Waals surface area contributed by atoms with Crippen LogP contribution in [0, 0.1) is 18.8 Å². The molecule has 0 heterocycles. The summed E-state index contributed by atoms with van der Waals surface area (Å²) in [6.07, 6.45) is 3.96. The third-order valence-corrected chi connectivity index (χ3v) is 4.06. The highest BCUT2D eigenvalue weighted by Crippen LogP contribution is 2.39. The van der Waals surface area contributed by atoms with Crippen LogP contribution in [0.3, 0.4) is 0 Å². The van der Waals surface area contributed by atoms with Crippen LogP contribution in [0.4, 0.5) is 0 Å². The SMILES string of the molecule is Cc1ccc(C2CC(C)CCC2CN)cc1. The van der Waals surface area contributed by atoms with Crippen LogP contribution in [-0.2, 0) is 0 Å². The Hall–Kier alpha value is -0.820. The predicted molar refractivity (Wildman–Crippen MR) is 69.5 cm³/mol. The first-order chi connectivity index (χ1) is 7.70. The van der Waals surface area contributed by atoms with Gasteiger partial charge in [-0.25, -0.2) is 0 Å². The van der Waals surface area contributed by atoms with E-state index in [4.69, 9.17) is 5.73 Å². The quantitative estimate of drug-likeness (QED) is 0.806. The molecule has 0 radical (unpaired) electrons. The van der Waals surface area contributed by atoms with Gasteiger partial charge >= 0.3 is 0 Å². The van der Waals surface area contributed by atoms with E-state index in [-0.39, 0.29) is 0 Å². The molecule has 1 heteroatoms. The molecule has 0 bridgehead atoms. The van der Waals surface area contributed by atoms with Gasteiger partial charge in [0, 0.05) is 0 Å². The highest BCUT2D eigenvalue weighted by atomic mass is 14.6. The van der Waals surface area contributed by atoms with E-state index in [1.165, 1.54) is 30.4 Å². The van der Waals surface area contributed by atoms with Crippen molar-refractivity contribution in [3.63, 3.8) is 0 Å². The number of hydrogen-bond acceptors (Lipinski definition) is 1. The maximum atomic E-state index is 5.91. The number of hydrogen-bond donors (Lipinski definition) is 1. The van der Waals surface area contributed by atoms with E-state index in [2.05, 4.69) is 38.1 Å². The molecular formula is C15H23N. The fourth-order valence-electron chi connectivity index (χ4n) is 2.95. The van der Waals surface area contributed by atoms with Crippen LogP contribution in [0.5, 0.6) is 0 Å². The van der Waals surface area contributed by atoms with Crippen LogP contribution in [0.2, 0.25) is 0 Å². The van der Waals surface area contributed by atoms with Crippen molar-refractivity contribution in [2.75, 3.05) is 6.54 Å². The second-order valence-electron chi connectivity index (χ2n) is 5.43. The van der Waals surface area contributed by atoms with Crippen LogP contribution >= 0.6 is 0 Å². The van der Waals surface area contributed by atoms with E-state index in [9.17, 15) is 0 Å². The summed E-state index contributed by atoms with van der Waals surface area (Å²) >= 11 is 0. The molecule has 3 atom stereocenters. The van der Waals surface area contributed by atoms with Crippen LogP contribution in [0.25, 0.3) is 0 Å². The number of aryl methyl sites for hydroxylation is 1. The Balaban J connectivity index is 2.18. The van der Waals surface area contributed by atoms with Crippen molar-refractivity contribution in [3.8, 4) is 0 Å². The van der Waals surface area contributed by atoms with Gasteiger partial charge in [0.05, 0.1) is 0 Å². The number of benzene rings is 1. The molecule has 1 nitrogen and oxygen atoms in total. The van der Waals surface area contributed by atoms with Crippen LogP contribution in [0.15, 0.2) is 24.3 Å².